The van der Waals surface area contributed by atoms with Gasteiger partial charge in [-0.3, -0.25) is 4.79 Å². The van der Waals surface area contributed by atoms with Crippen molar-refractivity contribution < 1.29 is 4.79 Å². The Balaban J connectivity index is 2.42. The summed E-state index contributed by atoms with van der Waals surface area (Å²) in [5.74, 6) is 0.146. The Kier molecular flexibility index (Phi) is 4.60. The average Bonchev–Trinajstić information content (AvgIpc) is 2.44. The maximum Gasteiger partial charge on any atom is 0.220 e. The van der Waals surface area contributed by atoms with E-state index < -0.39 is 0 Å². The number of aromatic nitrogens is 1. The van der Waals surface area contributed by atoms with Crippen LogP contribution in [0.5, 0.6) is 0 Å². The summed E-state index contributed by atoms with van der Waals surface area (Å²) < 4.78 is 2.19. The highest BCUT2D eigenvalue weighted by Crippen LogP contribution is 2.18. The molecule has 1 aromatic heterocycles. The second-order valence-corrected chi connectivity index (χ2v) is 6.29. The lowest BCUT2D eigenvalue weighted by atomic mass is 9.92. The largest absolute Gasteiger partial charge is 0.356 e. The third-order valence-electron chi connectivity index (χ3n) is 3.29. The second kappa shape index (κ2) is 5.59. The van der Waals surface area contributed by atoms with Gasteiger partial charge in [0, 0.05) is 31.4 Å². The van der Waals surface area contributed by atoms with E-state index in [1.807, 2.05) is 0 Å². The van der Waals surface area contributed by atoms with Crippen molar-refractivity contribution in [1.82, 2.24) is 9.88 Å². The molecule has 1 aromatic rings. The molecule has 1 N–H and O–H groups in total. The van der Waals surface area contributed by atoms with Crippen molar-refractivity contribution in [3.63, 3.8) is 0 Å². The minimum absolute atomic E-state index is 0.0589. The number of nitrogens with zero attached hydrogens (tertiary/aromatic N) is 1. The van der Waals surface area contributed by atoms with Crippen molar-refractivity contribution in [2.45, 2.75) is 47.5 Å². The van der Waals surface area contributed by atoms with Crippen molar-refractivity contribution in [2.24, 2.45) is 12.5 Å². The molecule has 0 atom stereocenters. The summed E-state index contributed by atoms with van der Waals surface area (Å²) in [6.45, 7) is 11.2. The highest BCUT2D eigenvalue weighted by atomic mass is 16.1. The monoisotopic (exact) mass is 250 g/mol. The Morgan fingerprint density at radius 1 is 1.33 bits per heavy atom. The fraction of sp³-hybridized carbons (Fsp3) is 0.667. The number of rotatable bonds is 4. The molecule has 1 rings (SSSR count). The Bertz CT molecular complexity index is 424. The van der Waals surface area contributed by atoms with Crippen LogP contribution in [0.15, 0.2) is 6.07 Å². The van der Waals surface area contributed by atoms with Crippen LogP contribution in [-0.2, 0) is 18.3 Å². The highest BCUT2D eigenvalue weighted by molar-refractivity contribution is 5.76. The van der Waals surface area contributed by atoms with Gasteiger partial charge in [0.1, 0.15) is 0 Å². The van der Waals surface area contributed by atoms with Crippen LogP contribution in [0.3, 0.4) is 0 Å². The van der Waals surface area contributed by atoms with Crippen molar-refractivity contribution in [3.8, 4) is 0 Å². The SMILES string of the molecule is Cc1cc(CCNC(=O)CC(C)(C)C)c(C)n1C. The van der Waals surface area contributed by atoms with E-state index in [1.165, 1.54) is 17.0 Å². The molecule has 0 aliphatic rings. The predicted molar refractivity (Wildman–Crippen MR) is 75.7 cm³/mol. The van der Waals surface area contributed by atoms with E-state index in [9.17, 15) is 4.79 Å². The molecule has 0 spiro atoms. The first-order valence-corrected chi connectivity index (χ1v) is 6.59. The van der Waals surface area contributed by atoms with Gasteiger partial charge < -0.3 is 9.88 Å². The van der Waals surface area contributed by atoms with Crippen LogP contribution < -0.4 is 5.32 Å². The first kappa shape index (κ1) is 14.8. The van der Waals surface area contributed by atoms with Gasteiger partial charge in [0.2, 0.25) is 5.91 Å². The molecule has 0 bridgehead atoms. The fourth-order valence-corrected chi connectivity index (χ4v) is 2.07. The van der Waals surface area contributed by atoms with Crippen LogP contribution in [-0.4, -0.2) is 17.0 Å². The van der Waals surface area contributed by atoms with Crippen LogP contribution in [0.25, 0.3) is 0 Å². The van der Waals surface area contributed by atoms with Gasteiger partial charge in [0.25, 0.3) is 0 Å². The molecule has 0 saturated carbocycles. The zero-order chi connectivity index (χ0) is 13.9. The van der Waals surface area contributed by atoms with E-state index in [2.05, 4.69) is 57.6 Å². The van der Waals surface area contributed by atoms with Crippen molar-refractivity contribution in [2.75, 3.05) is 6.54 Å². The molecule has 18 heavy (non-hydrogen) atoms. The van der Waals surface area contributed by atoms with Gasteiger partial charge in [-0.25, -0.2) is 0 Å². The van der Waals surface area contributed by atoms with E-state index >= 15 is 0 Å². The smallest absolute Gasteiger partial charge is 0.220 e. The van der Waals surface area contributed by atoms with Crippen LogP contribution in [0.1, 0.15) is 44.1 Å². The van der Waals surface area contributed by atoms with E-state index in [1.54, 1.807) is 0 Å². The molecular formula is C15H26N2O. The van der Waals surface area contributed by atoms with E-state index in [4.69, 9.17) is 0 Å². The van der Waals surface area contributed by atoms with Crippen molar-refractivity contribution >= 4 is 5.91 Å². The molecule has 0 fully saturated rings. The van der Waals surface area contributed by atoms with Gasteiger partial charge >= 0.3 is 0 Å². The molecule has 0 unspecified atom stereocenters. The molecule has 0 aliphatic carbocycles. The maximum atomic E-state index is 11.7. The standard InChI is InChI=1S/C15H26N2O/c1-11-9-13(12(2)17(11)6)7-8-16-14(18)10-15(3,4)5/h9H,7-8,10H2,1-6H3,(H,16,18). The number of amides is 1. The third-order valence-corrected chi connectivity index (χ3v) is 3.29. The lowest BCUT2D eigenvalue weighted by molar-refractivity contribution is -0.122. The summed E-state index contributed by atoms with van der Waals surface area (Å²) in [6, 6.07) is 2.20. The van der Waals surface area contributed by atoms with Crippen molar-refractivity contribution in [1.29, 1.82) is 0 Å². The molecule has 0 radical (unpaired) electrons. The van der Waals surface area contributed by atoms with Gasteiger partial charge in [-0.2, -0.15) is 0 Å². The first-order chi connectivity index (χ1) is 8.20. The van der Waals surface area contributed by atoms with E-state index in [-0.39, 0.29) is 11.3 Å². The molecular weight excluding hydrogens is 224 g/mol. The number of hydrogen-bond acceptors (Lipinski definition) is 1. The third kappa shape index (κ3) is 4.21. The quantitative estimate of drug-likeness (QED) is 0.876. The number of aryl methyl sites for hydroxylation is 1. The van der Waals surface area contributed by atoms with E-state index in [0.717, 1.165) is 13.0 Å². The molecule has 1 heterocycles. The van der Waals surface area contributed by atoms with E-state index in [0.29, 0.717) is 6.42 Å². The summed E-state index contributed by atoms with van der Waals surface area (Å²) in [5, 5.41) is 3.00. The van der Waals surface area contributed by atoms with Gasteiger partial charge in [0.05, 0.1) is 0 Å². The Hall–Kier alpha value is -1.25. The van der Waals surface area contributed by atoms with Crippen LogP contribution >= 0.6 is 0 Å². The second-order valence-electron chi connectivity index (χ2n) is 6.29. The van der Waals surface area contributed by atoms with Crippen LogP contribution in [0.4, 0.5) is 0 Å². The molecule has 0 aromatic carbocycles. The topological polar surface area (TPSA) is 34.0 Å². The summed E-state index contributed by atoms with van der Waals surface area (Å²) in [7, 11) is 2.08. The zero-order valence-corrected chi connectivity index (χ0v) is 12.6. The minimum Gasteiger partial charge on any atom is -0.356 e. The number of nitrogens with one attached hydrogen (secondary N) is 1. The normalized spacial score (nSPS) is 11.7. The Labute approximate surface area is 111 Å². The molecule has 1 amide bonds. The summed E-state index contributed by atoms with van der Waals surface area (Å²) in [5.41, 5.74) is 3.94. The first-order valence-electron chi connectivity index (χ1n) is 6.59. The number of carbonyl (C=O) groups is 1. The summed E-state index contributed by atoms with van der Waals surface area (Å²) in [6.07, 6.45) is 1.49. The Morgan fingerprint density at radius 3 is 2.39 bits per heavy atom. The molecule has 102 valence electrons. The number of hydrogen-bond donors (Lipinski definition) is 1. The van der Waals surface area contributed by atoms with Crippen molar-refractivity contribution in [3.05, 3.63) is 23.0 Å². The van der Waals surface area contributed by atoms with Gasteiger partial charge in [-0.05, 0) is 37.3 Å². The molecule has 0 saturated heterocycles. The summed E-state index contributed by atoms with van der Waals surface area (Å²) >= 11 is 0. The maximum absolute atomic E-state index is 11.7. The Morgan fingerprint density at radius 2 is 1.94 bits per heavy atom. The van der Waals surface area contributed by atoms with Gasteiger partial charge in [-0.15, -0.1) is 0 Å². The zero-order valence-electron chi connectivity index (χ0n) is 12.6. The average molecular weight is 250 g/mol. The van der Waals surface area contributed by atoms with Crippen LogP contribution in [0, 0.1) is 19.3 Å². The van der Waals surface area contributed by atoms with Gasteiger partial charge in [0.15, 0.2) is 0 Å². The molecule has 0 aliphatic heterocycles. The molecule has 3 nitrogen and oxygen atoms in total. The van der Waals surface area contributed by atoms with Crippen LogP contribution in [0.2, 0.25) is 0 Å². The fourth-order valence-electron chi connectivity index (χ4n) is 2.07. The molecule has 3 heteroatoms. The highest BCUT2D eigenvalue weighted by Gasteiger charge is 2.15. The lowest BCUT2D eigenvalue weighted by Gasteiger charge is -2.17. The van der Waals surface area contributed by atoms with Gasteiger partial charge in [-0.1, -0.05) is 20.8 Å². The number of carbonyl (C=O) groups excluding carboxylic acids is 1. The summed E-state index contributed by atoms with van der Waals surface area (Å²) in [4.78, 5) is 11.7. The lowest BCUT2D eigenvalue weighted by Crippen LogP contribution is -2.29. The minimum atomic E-state index is 0.0589. The predicted octanol–water partition coefficient (Wildman–Crippen LogP) is 2.74.